The molecule has 1 atom stereocenters. The van der Waals surface area contributed by atoms with Gasteiger partial charge in [0.25, 0.3) is 0 Å². The second-order valence-electron chi connectivity index (χ2n) is 3.31. The lowest BCUT2D eigenvalue weighted by atomic mass is 10.1. The summed E-state index contributed by atoms with van der Waals surface area (Å²) in [7, 11) is 0. The average Bonchev–Trinajstić information content (AvgIpc) is 2.69. The van der Waals surface area contributed by atoms with Crippen LogP contribution in [0.15, 0.2) is 23.2 Å². The molecule has 0 spiro atoms. The molecule has 5 nitrogen and oxygen atoms in total. The Morgan fingerprint density at radius 2 is 2.33 bits per heavy atom. The summed E-state index contributed by atoms with van der Waals surface area (Å²) < 4.78 is 0. The normalized spacial score (nSPS) is 21.8. The first-order valence-electron chi connectivity index (χ1n) is 4.43. The third-order valence-corrected chi connectivity index (χ3v) is 2.64. The van der Waals surface area contributed by atoms with Gasteiger partial charge in [0.15, 0.2) is 6.17 Å². The maximum Gasteiger partial charge on any atom is 0.342 e. The van der Waals surface area contributed by atoms with Crippen LogP contribution in [0.2, 0.25) is 5.02 Å². The first-order valence-corrected chi connectivity index (χ1v) is 4.81. The lowest BCUT2D eigenvalue weighted by Crippen LogP contribution is -2.45. The zero-order valence-electron chi connectivity index (χ0n) is 7.57. The fourth-order valence-corrected chi connectivity index (χ4v) is 1.91. The van der Waals surface area contributed by atoms with E-state index in [2.05, 4.69) is 15.7 Å². The van der Waals surface area contributed by atoms with Gasteiger partial charge >= 0.3 is 6.03 Å². The van der Waals surface area contributed by atoms with Gasteiger partial charge in [-0.3, -0.25) is 5.43 Å². The zero-order valence-corrected chi connectivity index (χ0v) is 8.32. The van der Waals surface area contributed by atoms with Crippen LogP contribution in [0.4, 0.5) is 10.5 Å². The number of halogens is 1. The molecule has 1 aromatic carbocycles. The number of hydrogen-bond acceptors (Lipinski definition) is 3. The maximum absolute atomic E-state index is 11.6. The minimum atomic E-state index is -0.313. The van der Waals surface area contributed by atoms with Crippen LogP contribution in [0, 0.1) is 0 Å². The SMILES string of the molecule is O=C1Nc2ccc(Cl)cc2C2N=CNN12. The summed E-state index contributed by atoms with van der Waals surface area (Å²) in [4.78, 5) is 15.7. The standard InChI is InChI=1S/C9H7ClN4O/c10-5-1-2-7-6(3-5)8-11-4-12-14(8)9(15)13-7/h1-4,8H,(H,11,12)(H,13,15). The van der Waals surface area contributed by atoms with Crippen molar-refractivity contribution in [1.82, 2.24) is 10.4 Å². The zero-order chi connectivity index (χ0) is 10.4. The van der Waals surface area contributed by atoms with Crippen molar-refractivity contribution in [2.24, 2.45) is 4.99 Å². The molecule has 2 aliphatic rings. The highest BCUT2D eigenvalue weighted by atomic mass is 35.5. The molecule has 1 unspecified atom stereocenters. The molecule has 0 aliphatic carbocycles. The van der Waals surface area contributed by atoms with Gasteiger partial charge in [-0.15, -0.1) is 0 Å². The number of fused-ring (bicyclic) bond motifs is 3. The van der Waals surface area contributed by atoms with Crippen molar-refractivity contribution in [2.75, 3.05) is 5.32 Å². The largest absolute Gasteiger partial charge is 0.342 e. The molecule has 76 valence electrons. The highest BCUT2D eigenvalue weighted by Gasteiger charge is 2.34. The second-order valence-corrected chi connectivity index (χ2v) is 3.75. The van der Waals surface area contributed by atoms with Crippen molar-refractivity contribution >= 4 is 29.7 Å². The molecule has 2 N–H and O–H groups in total. The number of hydrogen-bond donors (Lipinski definition) is 2. The third kappa shape index (κ3) is 1.16. The van der Waals surface area contributed by atoms with Gasteiger partial charge in [0.1, 0.15) is 6.34 Å². The molecule has 0 aromatic heterocycles. The predicted molar refractivity (Wildman–Crippen MR) is 56.7 cm³/mol. The fraction of sp³-hybridized carbons (Fsp3) is 0.111. The summed E-state index contributed by atoms with van der Waals surface area (Å²) in [6.45, 7) is 0. The number of rotatable bonds is 0. The number of hydrazine groups is 1. The van der Waals surface area contributed by atoms with Crippen molar-refractivity contribution in [3.8, 4) is 0 Å². The molecule has 15 heavy (non-hydrogen) atoms. The quantitative estimate of drug-likeness (QED) is 0.703. The number of carbonyl (C=O) groups is 1. The molecule has 2 amide bonds. The van der Waals surface area contributed by atoms with Gasteiger partial charge in [0.2, 0.25) is 0 Å². The topological polar surface area (TPSA) is 56.7 Å². The number of anilines is 1. The van der Waals surface area contributed by atoms with Crippen LogP contribution in [0.5, 0.6) is 0 Å². The summed E-state index contributed by atoms with van der Waals surface area (Å²) in [5.41, 5.74) is 4.40. The van der Waals surface area contributed by atoms with Crippen molar-refractivity contribution in [3.63, 3.8) is 0 Å². The minimum absolute atomic E-state index is 0.215. The Morgan fingerprint density at radius 3 is 3.20 bits per heavy atom. The molecule has 0 radical (unpaired) electrons. The summed E-state index contributed by atoms with van der Waals surface area (Å²) in [5.74, 6) is 0. The molecular formula is C9H7ClN4O. The number of aliphatic imine (C=N–C) groups is 1. The summed E-state index contributed by atoms with van der Waals surface area (Å²) >= 11 is 5.90. The number of nitrogens with zero attached hydrogens (tertiary/aromatic N) is 2. The molecule has 3 rings (SSSR count). The van der Waals surface area contributed by atoms with E-state index in [1.54, 1.807) is 18.2 Å². The lowest BCUT2D eigenvalue weighted by Gasteiger charge is -2.30. The van der Waals surface area contributed by atoms with E-state index >= 15 is 0 Å². The van der Waals surface area contributed by atoms with Crippen LogP contribution in [-0.4, -0.2) is 17.4 Å². The van der Waals surface area contributed by atoms with Gasteiger partial charge in [0.05, 0.1) is 0 Å². The number of carbonyl (C=O) groups excluding carboxylic acids is 1. The number of amides is 2. The van der Waals surface area contributed by atoms with Crippen LogP contribution in [0.1, 0.15) is 11.7 Å². The number of urea groups is 1. The molecule has 1 aromatic rings. The Kier molecular flexibility index (Phi) is 1.63. The Balaban J connectivity index is 2.16. The monoisotopic (exact) mass is 222 g/mol. The smallest absolute Gasteiger partial charge is 0.306 e. The first kappa shape index (κ1) is 8.55. The first-order chi connectivity index (χ1) is 7.25. The summed E-state index contributed by atoms with van der Waals surface area (Å²) in [6, 6.07) is 5.11. The van der Waals surface area contributed by atoms with E-state index in [9.17, 15) is 4.79 Å². The Labute approximate surface area is 90.7 Å². The van der Waals surface area contributed by atoms with Gasteiger partial charge in [-0.1, -0.05) is 11.6 Å². The van der Waals surface area contributed by atoms with E-state index in [1.165, 1.54) is 11.3 Å². The highest BCUT2D eigenvalue weighted by molar-refractivity contribution is 6.30. The van der Waals surface area contributed by atoms with Crippen molar-refractivity contribution in [2.45, 2.75) is 6.17 Å². The minimum Gasteiger partial charge on any atom is -0.306 e. The van der Waals surface area contributed by atoms with Gasteiger partial charge in [-0.05, 0) is 18.2 Å². The van der Waals surface area contributed by atoms with Gasteiger partial charge < -0.3 is 5.32 Å². The molecular weight excluding hydrogens is 216 g/mol. The molecule has 2 aliphatic heterocycles. The highest BCUT2D eigenvalue weighted by Crippen LogP contribution is 2.35. The summed E-state index contributed by atoms with van der Waals surface area (Å²) in [5, 5.41) is 4.79. The maximum atomic E-state index is 11.6. The summed E-state index contributed by atoms with van der Waals surface area (Å²) in [6.07, 6.45) is 1.19. The van der Waals surface area contributed by atoms with Gasteiger partial charge in [-0.2, -0.15) is 0 Å². The molecule has 0 saturated heterocycles. The molecule has 0 saturated carbocycles. The van der Waals surface area contributed by atoms with Crippen molar-refractivity contribution < 1.29 is 4.79 Å². The van der Waals surface area contributed by atoms with E-state index in [4.69, 9.17) is 11.6 Å². The average molecular weight is 223 g/mol. The molecule has 0 bridgehead atoms. The van der Waals surface area contributed by atoms with E-state index in [1.807, 2.05) is 0 Å². The van der Waals surface area contributed by atoms with Crippen LogP contribution in [-0.2, 0) is 0 Å². The Bertz CT molecular complexity index is 473. The fourth-order valence-electron chi connectivity index (χ4n) is 1.73. The second kappa shape index (κ2) is 2.87. The van der Waals surface area contributed by atoms with Gasteiger partial charge in [-0.25, -0.2) is 14.8 Å². The third-order valence-electron chi connectivity index (χ3n) is 2.41. The van der Waals surface area contributed by atoms with E-state index in [0.717, 1.165) is 11.3 Å². The molecule has 2 heterocycles. The Morgan fingerprint density at radius 1 is 1.47 bits per heavy atom. The molecule has 0 fully saturated rings. The van der Waals surface area contributed by atoms with Crippen LogP contribution in [0.3, 0.4) is 0 Å². The Hall–Kier alpha value is -1.75. The number of benzene rings is 1. The predicted octanol–water partition coefficient (Wildman–Crippen LogP) is 1.73. The van der Waals surface area contributed by atoms with E-state index in [0.29, 0.717) is 5.02 Å². The van der Waals surface area contributed by atoms with Crippen molar-refractivity contribution in [3.05, 3.63) is 28.8 Å². The van der Waals surface area contributed by atoms with E-state index < -0.39 is 0 Å². The van der Waals surface area contributed by atoms with Crippen LogP contribution < -0.4 is 10.7 Å². The van der Waals surface area contributed by atoms with Crippen LogP contribution >= 0.6 is 11.6 Å². The van der Waals surface area contributed by atoms with Crippen LogP contribution in [0.25, 0.3) is 0 Å². The molecule has 6 heteroatoms. The lowest BCUT2D eigenvalue weighted by molar-refractivity contribution is 0.182. The van der Waals surface area contributed by atoms with E-state index in [-0.39, 0.29) is 12.2 Å². The van der Waals surface area contributed by atoms with Gasteiger partial charge in [0, 0.05) is 16.3 Å². The van der Waals surface area contributed by atoms with Crippen molar-refractivity contribution in [1.29, 1.82) is 0 Å². The number of nitrogens with one attached hydrogen (secondary N) is 2.